The molecule has 6 aromatic rings. The van der Waals surface area contributed by atoms with Crippen molar-refractivity contribution in [2.75, 3.05) is 25.6 Å². The number of ether oxygens (including phenoxy) is 4. The molecule has 352 valence electrons. The molecule has 0 radical (unpaired) electrons. The standard InChI is InChI=1S/C51H50N4O13/c1-2-26-17-27(19-32(56)18-26)24-65-45-40(22-39-42(44(45)58)37(57)21-38(66-39)29-7-11-33(12-8-29)64-16-15-31-10-14-41(52)55-31)67-49-50(62)35-13-9-28-5-3-4-6-30(28)20-34(35)43(36-23-53-25-54-36)51(63,48(50)61)46(68-49)47(59)60/h3-14,17-19,21-22,36,43,46,48-49,53-56,58,61-63H,2,15-16,20,23-25,52H2,1H3,(H,59,60)/t36-,43-,46+,48-,49+,50+,51-/m0/s1. The number of aliphatic hydroxyl groups excluding tert-OH is 1. The van der Waals surface area contributed by atoms with Crippen LogP contribution in [0.25, 0.3) is 28.4 Å². The van der Waals surface area contributed by atoms with Crippen molar-refractivity contribution in [2.45, 2.75) is 68.5 Å². The normalized spacial score (nSPS) is 25.1. The highest BCUT2D eigenvalue weighted by atomic mass is 16.7. The topological polar surface area (TPSA) is 271 Å². The van der Waals surface area contributed by atoms with E-state index in [4.69, 9.17) is 29.1 Å². The highest BCUT2D eigenvalue weighted by Crippen LogP contribution is 2.56. The average molecular weight is 927 g/mol. The minimum Gasteiger partial charge on any atom is -0.508 e. The first-order valence-corrected chi connectivity index (χ1v) is 22.3. The fourth-order valence-corrected chi connectivity index (χ4v) is 10.2. The zero-order valence-electron chi connectivity index (χ0n) is 36.8. The summed E-state index contributed by atoms with van der Waals surface area (Å²) in [6.07, 6.45) is -1.79. The lowest BCUT2D eigenvalue weighted by atomic mass is 9.57. The SMILES string of the molecule is CCc1cc(O)cc(COc2c(O[C@@H]3O[C@H](C(=O)O)[C@@]4(O)[C@H]([C@@H]5CNCN5)C5=C(C=Cc6ccccc6C5)[C@@]3(O)[C@@H]4O)cc3oc(-c4ccc(OCCc5ccc(N)[nH]5)cc4)cc(=O)c3c2O)c1. The molecule has 4 aromatic carbocycles. The Bertz CT molecular complexity index is 3050. The van der Waals surface area contributed by atoms with Gasteiger partial charge < -0.3 is 70.0 Å². The van der Waals surface area contributed by atoms with E-state index in [1.165, 1.54) is 18.2 Å². The number of phenolic OH excluding ortho intramolecular Hbond substituents is 2. The zero-order valence-corrected chi connectivity index (χ0v) is 36.8. The lowest BCUT2D eigenvalue weighted by Gasteiger charge is -2.60. The third kappa shape index (κ3) is 7.72. The van der Waals surface area contributed by atoms with Crippen molar-refractivity contribution in [3.8, 4) is 40.1 Å². The van der Waals surface area contributed by atoms with Crippen LogP contribution in [0.1, 0.15) is 34.9 Å². The van der Waals surface area contributed by atoms with Crippen LogP contribution in [0.2, 0.25) is 0 Å². The number of aryl methyl sites for hydroxylation is 1. The number of phenols is 2. The monoisotopic (exact) mass is 926 g/mol. The minimum absolute atomic E-state index is 0.0296. The number of aromatic hydroxyl groups is 2. The lowest BCUT2D eigenvalue weighted by Crippen LogP contribution is -2.80. The van der Waals surface area contributed by atoms with E-state index in [1.807, 2.05) is 37.3 Å². The number of hydrogen-bond donors (Lipinski definition) is 10. The van der Waals surface area contributed by atoms with Crippen molar-refractivity contribution in [1.82, 2.24) is 15.6 Å². The number of H-pyrrole nitrogens is 1. The maximum Gasteiger partial charge on any atom is 0.336 e. The third-order valence-corrected chi connectivity index (χ3v) is 13.4. The second kappa shape index (κ2) is 17.5. The van der Waals surface area contributed by atoms with E-state index in [0.29, 0.717) is 60.9 Å². The first-order valence-electron chi connectivity index (χ1n) is 22.3. The summed E-state index contributed by atoms with van der Waals surface area (Å²) in [5, 5.41) is 77.9. The molecule has 2 aliphatic carbocycles. The number of benzene rings is 4. The number of anilines is 1. The number of carboxylic acid groups (broad SMARTS) is 1. The maximum atomic E-state index is 14.0. The van der Waals surface area contributed by atoms with E-state index in [-0.39, 0.29) is 46.8 Å². The Hall–Kier alpha value is -7.12. The molecule has 2 bridgehead atoms. The summed E-state index contributed by atoms with van der Waals surface area (Å²) in [4.78, 5) is 30.4. The number of hydrogen-bond acceptors (Lipinski definition) is 15. The van der Waals surface area contributed by atoms with Gasteiger partial charge in [0.2, 0.25) is 12.0 Å². The molecule has 2 saturated heterocycles. The molecule has 0 saturated carbocycles. The molecular formula is C51H50N4O13. The molecule has 0 spiro atoms. The van der Waals surface area contributed by atoms with E-state index in [9.17, 15) is 40.2 Å². The Labute approximate surface area is 388 Å². The first kappa shape index (κ1) is 44.7. The van der Waals surface area contributed by atoms with Crippen LogP contribution in [-0.2, 0) is 35.4 Å². The summed E-state index contributed by atoms with van der Waals surface area (Å²) in [6.45, 7) is 2.65. The van der Waals surface area contributed by atoms with Gasteiger partial charge >= 0.3 is 5.97 Å². The van der Waals surface area contributed by atoms with Gasteiger partial charge in [-0.3, -0.25) is 10.1 Å². The second-order valence-electron chi connectivity index (χ2n) is 17.6. The Morgan fingerprint density at radius 1 is 0.956 bits per heavy atom. The number of nitrogens with one attached hydrogen (secondary N) is 3. The summed E-state index contributed by atoms with van der Waals surface area (Å²) in [5.41, 5.74) is 4.54. The van der Waals surface area contributed by atoms with Crippen LogP contribution in [-0.4, -0.2) is 97.2 Å². The third-order valence-electron chi connectivity index (χ3n) is 13.4. The number of aromatic nitrogens is 1. The number of aromatic amines is 1. The molecule has 2 aromatic heterocycles. The van der Waals surface area contributed by atoms with E-state index in [0.717, 1.165) is 22.4 Å². The van der Waals surface area contributed by atoms with Gasteiger partial charge in [-0.2, -0.15) is 0 Å². The lowest BCUT2D eigenvalue weighted by molar-refractivity contribution is -0.346. The first-order chi connectivity index (χ1) is 32.8. The Balaban J connectivity index is 1.08. The molecule has 2 fully saturated rings. The summed E-state index contributed by atoms with van der Waals surface area (Å²) < 4.78 is 31.1. The van der Waals surface area contributed by atoms with Crippen LogP contribution in [0.5, 0.6) is 28.7 Å². The van der Waals surface area contributed by atoms with Gasteiger partial charge in [0.1, 0.15) is 52.4 Å². The smallest absolute Gasteiger partial charge is 0.336 e. The van der Waals surface area contributed by atoms with Gasteiger partial charge in [-0.25, -0.2) is 4.79 Å². The van der Waals surface area contributed by atoms with E-state index in [1.54, 1.807) is 54.6 Å². The minimum atomic E-state index is -2.67. The van der Waals surface area contributed by atoms with Gasteiger partial charge in [0.15, 0.2) is 28.6 Å². The molecular weight excluding hydrogens is 877 g/mol. The molecule has 4 aliphatic rings. The van der Waals surface area contributed by atoms with Gasteiger partial charge in [0.25, 0.3) is 0 Å². The number of rotatable bonds is 13. The fourth-order valence-electron chi connectivity index (χ4n) is 10.2. The van der Waals surface area contributed by atoms with Gasteiger partial charge in [-0.05, 0) is 89.2 Å². The number of nitrogens with two attached hydrogens (primary N) is 1. The molecule has 0 unspecified atom stereocenters. The largest absolute Gasteiger partial charge is 0.508 e. The van der Waals surface area contributed by atoms with Crippen LogP contribution in [0.15, 0.2) is 117 Å². The van der Waals surface area contributed by atoms with Crippen molar-refractivity contribution < 1.29 is 58.8 Å². The summed E-state index contributed by atoms with van der Waals surface area (Å²) in [6, 6.07) is 24.6. The molecule has 17 nitrogen and oxygen atoms in total. The van der Waals surface area contributed by atoms with Crippen molar-refractivity contribution in [2.24, 2.45) is 5.92 Å². The van der Waals surface area contributed by atoms with E-state index in [2.05, 4.69) is 15.6 Å². The predicted molar refractivity (Wildman–Crippen MR) is 248 cm³/mol. The molecule has 4 heterocycles. The molecule has 2 aliphatic heterocycles. The molecule has 10 rings (SSSR count). The number of nitrogen functional groups attached to an aromatic ring is 1. The number of carboxylic acids is 1. The van der Waals surface area contributed by atoms with Gasteiger partial charge in [0, 0.05) is 55.0 Å². The van der Waals surface area contributed by atoms with Gasteiger partial charge in [-0.15, -0.1) is 0 Å². The number of aliphatic carboxylic acids is 1. The van der Waals surface area contributed by atoms with Crippen LogP contribution >= 0.6 is 0 Å². The number of carbonyl (C=O) groups is 1. The van der Waals surface area contributed by atoms with E-state index >= 15 is 0 Å². The predicted octanol–water partition coefficient (Wildman–Crippen LogP) is 4.27. The average Bonchev–Trinajstić information content (AvgIpc) is 3.96. The van der Waals surface area contributed by atoms with Crippen molar-refractivity contribution >= 4 is 28.8 Å². The number of fused-ring (bicyclic) bond motifs is 5. The van der Waals surface area contributed by atoms with Crippen molar-refractivity contribution in [3.05, 3.63) is 146 Å². The van der Waals surface area contributed by atoms with Crippen LogP contribution < -0.4 is 36.0 Å². The van der Waals surface area contributed by atoms with Gasteiger partial charge in [-0.1, -0.05) is 55.0 Å². The van der Waals surface area contributed by atoms with Crippen molar-refractivity contribution in [3.63, 3.8) is 0 Å². The van der Waals surface area contributed by atoms with E-state index < -0.39 is 64.6 Å². The summed E-state index contributed by atoms with van der Waals surface area (Å²) >= 11 is 0. The maximum absolute atomic E-state index is 14.0. The summed E-state index contributed by atoms with van der Waals surface area (Å²) in [7, 11) is 0. The molecule has 17 heteroatoms. The summed E-state index contributed by atoms with van der Waals surface area (Å²) in [5.74, 6) is -3.07. The van der Waals surface area contributed by atoms with Crippen molar-refractivity contribution in [1.29, 1.82) is 0 Å². The zero-order chi connectivity index (χ0) is 47.5. The van der Waals surface area contributed by atoms with Crippen LogP contribution in [0.3, 0.4) is 0 Å². The highest BCUT2D eigenvalue weighted by Gasteiger charge is 2.73. The Morgan fingerprint density at radius 3 is 2.49 bits per heavy atom. The number of aliphatic hydroxyl groups is 3. The fraction of sp³-hybridized carbons (Fsp3) is 0.294. The quantitative estimate of drug-likeness (QED) is 0.0775. The molecule has 7 atom stereocenters. The highest BCUT2D eigenvalue weighted by molar-refractivity contribution is 5.89. The Morgan fingerprint density at radius 2 is 1.75 bits per heavy atom. The Kier molecular flexibility index (Phi) is 11.5. The molecule has 68 heavy (non-hydrogen) atoms. The van der Waals surface area contributed by atoms with Gasteiger partial charge in [0.05, 0.1) is 6.61 Å². The second-order valence-corrected chi connectivity index (χ2v) is 17.6. The van der Waals surface area contributed by atoms with Crippen LogP contribution in [0.4, 0.5) is 5.82 Å². The van der Waals surface area contributed by atoms with Crippen LogP contribution in [0, 0.1) is 5.92 Å². The molecule has 0 amide bonds. The molecule has 11 N–H and O–H groups in total.